The second kappa shape index (κ2) is 1.67. The zero-order chi connectivity index (χ0) is 7.26. The molecule has 3 rings (SSSR count). The molecule has 54 valence electrons. The molecule has 11 heavy (non-hydrogen) atoms. The van der Waals surface area contributed by atoms with E-state index in [1.165, 1.54) is 11.3 Å². The Balaban J connectivity index is 2.19. The lowest BCUT2D eigenvalue weighted by Gasteiger charge is -2.21. The van der Waals surface area contributed by atoms with Gasteiger partial charge in [-0.05, 0) is 11.6 Å². The predicted octanol–water partition coefficient (Wildman–Crippen LogP) is 2.13. The van der Waals surface area contributed by atoms with Crippen LogP contribution in [0, 0.1) is 0 Å². The molecule has 1 nitrogen and oxygen atoms in total. The van der Waals surface area contributed by atoms with Gasteiger partial charge in [-0.1, -0.05) is 30.4 Å². The number of benzene rings is 1. The first-order valence-corrected chi connectivity index (χ1v) is 3.99. The summed E-state index contributed by atoms with van der Waals surface area (Å²) in [6.07, 6.45) is 4.49. The summed E-state index contributed by atoms with van der Waals surface area (Å²) in [5.41, 5.74) is 2.77. The van der Waals surface area contributed by atoms with E-state index in [0.29, 0.717) is 12.0 Å². The molecule has 1 aromatic rings. The normalized spacial score (nSPS) is 30.2. The molecule has 1 N–H and O–H groups in total. The molecular formula is C10H9N. The second-order valence-corrected chi connectivity index (χ2v) is 3.17. The summed E-state index contributed by atoms with van der Waals surface area (Å²) in [4.78, 5) is 0. The SMILES string of the molecule is C1=C[C@H]2c3ccccc3N[C@@H]12. The quantitative estimate of drug-likeness (QED) is 0.548. The third-order valence-corrected chi connectivity index (χ3v) is 2.55. The van der Waals surface area contributed by atoms with Crippen LogP contribution in [0.1, 0.15) is 11.5 Å². The highest BCUT2D eigenvalue weighted by molar-refractivity contribution is 5.64. The first-order valence-electron chi connectivity index (χ1n) is 3.99. The number of para-hydroxylation sites is 1. The average Bonchev–Trinajstić information content (AvgIpc) is 2.23. The Bertz CT molecular complexity index is 327. The Morgan fingerprint density at radius 1 is 1.09 bits per heavy atom. The van der Waals surface area contributed by atoms with Crippen molar-refractivity contribution in [3.63, 3.8) is 0 Å². The van der Waals surface area contributed by atoms with E-state index >= 15 is 0 Å². The monoisotopic (exact) mass is 143 g/mol. The summed E-state index contributed by atoms with van der Waals surface area (Å²) in [7, 11) is 0. The van der Waals surface area contributed by atoms with Crippen molar-refractivity contribution in [2.75, 3.05) is 5.32 Å². The molecule has 2 aliphatic rings. The van der Waals surface area contributed by atoms with Crippen LogP contribution in [0.15, 0.2) is 36.4 Å². The van der Waals surface area contributed by atoms with Crippen molar-refractivity contribution >= 4 is 5.69 Å². The summed E-state index contributed by atoms with van der Waals surface area (Å²) in [6.45, 7) is 0. The lowest BCUT2D eigenvalue weighted by Crippen LogP contribution is -2.23. The number of hydrogen-bond donors (Lipinski definition) is 1. The lowest BCUT2D eigenvalue weighted by atomic mass is 9.86. The second-order valence-electron chi connectivity index (χ2n) is 3.17. The molecule has 0 aromatic heterocycles. The first kappa shape index (κ1) is 5.42. The smallest absolute Gasteiger partial charge is 0.0548 e. The van der Waals surface area contributed by atoms with Gasteiger partial charge in [0.1, 0.15) is 0 Å². The highest BCUT2D eigenvalue weighted by atomic mass is 15.0. The molecular weight excluding hydrogens is 134 g/mol. The molecule has 0 amide bonds. The minimum atomic E-state index is 0.590. The average molecular weight is 143 g/mol. The van der Waals surface area contributed by atoms with Crippen LogP contribution in [-0.4, -0.2) is 6.04 Å². The van der Waals surface area contributed by atoms with Crippen LogP contribution in [-0.2, 0) is 0 Å². The first-order chi connectivity index (χ1) is 5.45. The summed E-state index contributed by atoms with van der Waals surface area (Å²) in [6, 6.07) is 9.13. The maximum absolute atomic E-state index is 3.45. The summed E-state index contributed by atoms with van der Waals surface area (Å²) >= 11 is 0. The van der Waals surface area contributed by atoms with Crippen molar-refractivity contribution < 1.29 is 0 Å². The largest absolute Gasteiger partial charge is 0.378 e. The highest BCUT2D eigenvalue weighted by Gasteiger charge is 2.33. The van der Waals surface area contributed by atoms with E-state index in [0.717, 1.165) is 0 Å². The molecule has 0 unspecified atom stereocenters. The molecule has 1 aromatic carbocycles. The van der Waals surface area contributed by atoms with Gasteiger partial charge in [0.15, 0.2) is 0 Å². The van der Waals surface area contributed by atoms with Crippen LogP contribution in [0.2, 0.25) is 0 Å². The maximum Gasteiger partial charge on any atom is 0.0548 e. The summed E-state index contributed by atoms with van der Waals surface area (Å²) in [5.74, 6) is 0.659. The third kappa shape index (κ3) is 0.559. The van der Waals surface area contributed by atoms with Crippen LogP contribution in [0.5, 0.6) is 0 Å². The van der Waals surface area contributed by atoms with E-state index in [-0.39, 0.29) is 0 Å². The Labute approximate surface area is 65.7 Å². The molecule has 1 aliphatic heterocycles. The minimum Gasteiger partial charge on any atom is -0.378 e. The van der Waals surface area contributed by atoms with Gasteiger partial charge in [-0.3, -0.25) is 0 Å². The van der Waals surface area contributed by atoms with Crippen LogP contribution in [0.3, 0.4) is 0 Å². The number of hydrogen-bond acceptors (Lipinski definition) is 1. The standard InChI is InChI=1S/C10H9N/c1-2-4-9-7(3-1)8-5-6-10(8)11-9/h1-6,8,10-11H/t8-,10-/m0/s1. The molecule has 0 radical (unpaired) electrons. The number of anilines is 1. The zero-order valence-electron chi connectivity index (χ0n) is 6.12. The van der Waals surface area contributed by atoms with Crippen LogP contribution < -0.4 is 5.32 Å². The minimum absolute atomic E-state index is 0.590. The van der Waals surface area contributed by atoms with Gasteiger partial charge in [0.2, 0.25) is 0 Å². The molecule has 0 bridgehead atoms. The molecule has 1 heteroatoms. The Morgan fingerprint density at radius 3 is 2.82 bits per heavy atom. The van der Waals surface area contributed by atoms with E-state index in [1.807, 2.05) is 0 Å². The van der Waals surface area contributed by atoms with E-state index < -0.39 is 0 Å². The highest BCUT2D eigenvalue weighted by Crippen LogP contribution is 2.41. The van der Waals surface area contributed by atoms with Crippen LogP contribution >= 0.6 is 0 Å². The predicted molar refractivity (Wildman–Crippen MR) is 45.7 cm³/mol. The van der Waals surface area contributed by atoms with E-state index in [1.54, 1.807) is 0 Å². The van der Waals surface area contributed by atoms with Gasteiger partial charge >= 0.3 is 0 Å². The van der Waals surface area contributed by atoms with E-state index in [2.05, 4.69) is 41.7 Å². The van der Waals surface area contributed by atoms with Crippen LogP contribution in [0.4, 0.5) is 5.69 Å². The molecule has 1 heterocycles. The number of fused-ring (bicyclic) bond motifs is 3. The fourth-order valence-electron chi connectivity index (χ4n) is 1.87. The van der Waals surface area contributed by atoms with Gasteiger partial charge in [0.05, 0.1) is 6.04 Å². The maximum atomic E-state index is 3.45. The molecule has 0 fully saturated rings. The van der Waals surface area contributed by atoms with Crippen LogP contribution in [0.25, 0.3) is 0 Å². The van der Waals surface area contributed by atoms with Gasteiger partial charge in [-0.25, -0.2) is 0 Å². The van der Waals surface area contributed by atoms with Crippen molar-refractivity contribution in [1.29, 1.82) is 0 Å². The zero-order valence-corrected chi connectivity index (χ0v) is 6.12. The van der Waals surface area contributed by atoms with E-state index in [4.69, 9.17) is 0 Å². The fraction of sp³-hybridized carbons (Fsp3) is 0.200. The topological polar surface area (TPSA) is 12.0 Å². The van der Waals surface area contributed by atoms with Crippen molar-refractivity contribution in [1.82, 2.24) is 0 Å². The Kier molecular flexibility index (Phi) is 0.823. The van der Waals surface area contributed by atoms with Crippen molar-refractivity contribution in [2.24, 2.45) is 0 Å². The lowest BCUT2D eigenvalue weighted by molar-refractivity contribution is 0.746. The van der Waals surface area contributed by atoms with Gasteiger partial charge in [-0.15, -0.1) is 0 Å². The number of rotatable bonds is 0. The van der Waals surface area contributed by atoms with Gasteiger partial charge in [0, 0.05) is 11.6 Å². The van der Waals surface area contributed by atoms with Gasteiger partial charge in [0.25, 0.3) is 0 Å². The van der Waals surface area contributed by atoms with Crippen molar-refractivity contribution in [3.05, 3.63) is 42.0 Å². The number of nitrogens with one attached hydrogen (secondary N) is 1. The Hall–Kier alpha value is -1.24. The molecule has 2 atom stereocenters. The molecule has 0 saturated carbocycles. The van der Waals surface area contributed by atoms with Gasteiger partial charge < -0.3 is 5.32 Å². The fourth-order valence-corrected chi connectivity index (χ4v) is 1.87. The molecule has 1 aliphatic carbocycles. The summed E-state index contributed by atoms with van der Waals surface area (Å²) < 4.78 is 0. The van der Waals surface area contributed by atoms with Crippen molar-refractivity contribution in [2.45, 2.75) is 12.0 Å². The summed E-state index contributed by atoms with van der Waals surface area (Å²) in [5, 5.41) is 3.45. The van der Waals surface area contributed by atoms with Crippen molar-refractivity contribution in [3.8, 4) is 0 Å². The molecule has 0 spiro atoms. The third-order valence-electron chi connectivity index (χ3n) is 2.55. The molecule has 0 saturated heterocycles. The van der Waals surface area contributed by atoms with E-state index in [9.17, 15) is 0 Å². The Morgan fingerprint density at radius 2 is 2.00 bits per heavy atom. The van der Waals surface area contributed by atoms with Gasteiger partial charge in [-0.2, -0.15) is 0 Å².